The number of carbonyl (C=O) groups is 1. The van der Waals surface area contributed by atoms with Crippen molar-refractivity contribution in [1.29, 1.82) is 0 Å². The number of benzene rings is 2. The molecule has 2 aromatic carbocycles. The SMILES string of the molecule is CCCCCc1ccc(-c2cnc(-c3ccc(OC(C)C(=O)O)cc3)nc2)cc1. The summed E-state index contributed by atoms with van der Waals surface area (Å²) in [6.45, 7) is 3.71. The first kappa shape index (κ1) is 20.5. The molecule has 0 saturated carbocycles. The number of aliphatic carboxylic acids is 1. The highest BCUT2D eigenvalue weighted by molar-refractivity contribution is 5.72. The summed E-state index contributed by atoms with van der Waals surface area (Å²) in [5, 5.41) is 8.91. The van der Waals surface area contributed by atoms with E-state index in [1.54, 1.807) is 12.1 Å². The van der Waals surface area contributed by atoms with Gasteiger partial charge in [-0.05, 0) is 55.2 Å². The predicted molar refractivity (Wildman–Crippen MR) is 114 cm³/mol. The average molecular weight is 390 g/mol. The van der Waals surface area contributed by atoms with Crippen LogP contribution in [-0.4, -0.2) is 27.1 Å². The molecule has 0 amide bonds. The number of hydrogen-bond donors (Lipinski definition) is 1. The van der Waals surface area contributed by atoms with Gasteiger partial charge in [-0.1, -0.05) is 44.0 Å². The van der Waals surface area contributed by atoms with E-state index in [-0.39, 0.29) is 0 Å². The maximum absolute atomic E-state index is 10.9. The molecular weight excluding hydrogens is 364 g/mol. The van der Waals surface area contributed by atoms with Gasteiger partial charge >= 0.3 is 5.97 Å². The molecule has 0 bridgehead atoms. The zero-order chi connectivity index (χ0) is 20.6. The van der Waals surface area contributed by atoms with E-state index in [1.165, 1.54) is 31.7 Å². The minimum Gasteiger partial charge on any atom is -0.479 e. The Morgan fingerprint density at radius 3 is 2.14 bits per heavy atom. The fraction of sp³-hybridized carbons (Fsp3) is 0.292. The Morgan fingerprint density at radius 1 is 0.931 bits per heavy atom. The lowest BCUT2D eigenvalue weighted by Gasteiger charge is -2.10. The number of carboxylic acid groups (broad SMARTS) is 1. The third-order valence-corrected chi connectivity index (χ3v) is 4.78. The third-order valence-electron chi connectivity index (χ3n) is 4.78. The van der Waals surface area contributed by atoms with Crippen LogP contribution in [0.2, 0.25) is 0 Å². The molecule has 1 unspecified atom stereocenters. The van der Waals surface area contributed by atoms with Gasteiger partial charge in [-0.2, -0.15) is 0 Å². The van der Waals surface area contributed by atoms with Gasteiger partial charge in [-0.15, -0.1) is 0 Å². The van der Waals surface area contributed by atoms with Crippen molar-refractivity contribution in [2.24, 2.45) is 0 Å². The number of hydrogen-bond acceptors (Lipinski definition) is 4. The fourth-order valence-electron chi connectivity index (χ4n) is 3.01. The summed E-state index contributed by atoms with van der Waals surface area (Å²) in [6, 6.07) is 15.7. The second-order valence-corrected chi connectivity index (χ2v) is 7.07. The lowest BCUT2D eigenvalue weighted by molar-refractivity contribution is -0.144. The van der Waals surface area contributed by atoms with E-state index >= 15 is 0 Å². The Hall–Kier alpha value is -3.21. The maximum Gasteiger partial charge on any atom is 0.344 e. The van der Waals surface area contributed by atoms with Crippen LogP contribution in [0.5, 0.6) is 5.75 Å². The van der Waals surface area contributed by atoms with Crippen LogP contribution < -0.4 is 4.74 Å². The Morgan fingerprint density at radius 2 is 1.55 bits per heavy atom. The van der Waals surface area contributed by atoms with Crippen LogP contribution in [0.1, 0.15) is 38.7 Å². The number of ether oxygens (including phenoxy) is 1. The highest BCUT2D eigenvalue weighted by atomic mass is 16.5. The number of carboxylic acids is 1. The highest BCUT2D eigenvalue weighted by Crippen LogP contribution is 2.23. The van der Waals surface area contributed by atoms with E-state index in [0.29, 0.717) is 11.6 Å². The van der Waals surface area contributed by atoms with Crippen molar-refractivity contribution < 1.29 is 14.6 Å². The van der Waals surface area contributed by atoms with Crippen molar-refractivity contribution >= 4 is 5.97 Å². The summed E-state index contributed by atoms with van der Waals surface area (Å²) in [6.07, 6.45) is 7.61. The topological polar surface area (TPSA) is 72.3 Å². The molecule has 0 aliphatic carbocycles. The summed E-state index contributed by atoms with van der Waals surface area (Å²) >= 11 is 0. The zero-order valence-electron chi connectivity index (χ0n) is 16.8. The zero-order valence-corrected chi connectivity index (χ0v) is 16.8. The van der Waals surface area contributed by atoms with Crippen molar-refractivity contribution in [3.63, 3.8) is 0 Å². The molecule has 0 radical (unpaired) electrons. The lowest BCUT2D eigenvalue weighted by Crippen LogP contribution is -2.22. The molecular formula is C24H26N2O3. The van der Waals surface area contributed by atoms with Gasteiger partial charge in [0.1, 0.15) is 5.75 Å². The predicted octanol–water partition coefficient (Wildman–Crippen LogP) is 5.40. The normalized spacial score (nSPS) is 11.8. The second-order valence-electron chi connectivity index (χ2n) is 7.07. The van der Waals surface area contributed by atoms with Crippen molar-refractivity contribution in [1.82, 2.24) is 9.97 Å². The number of aromatic nitrogens is 2. The number of nitrogens with zero attached hydrogens (tertiary/aromatic N) is 2. The van der Waals surface area contributed by atoms with Crippen LogP contribution in [0.3, 0.4) is 0 Å². The summed E-state index contributed by atoms with van der Waals surface area (Å²) < 4.78 is 5.34. The van der Waals surface area contributed by atoms with Gasteiger partial charge in [0.15, 0.2) is 11.9 Å². The van der Waals surface area contributed by atoms with Gasteiger partial charge in [0.2, 0.25) is 0 Å². The molecule has 1 aromatic heterocycles. The van der Waals surface area contributed by atoms with Crippen molar-refractivity contribution in [3.8, 4) is 28.3 Å². The Balaban J connectivity index is 1.66. The van der Waals surface area contributed by atoms with E-state index in [1.807, 2.05) is 24.5 Å². The van der Waals surface area contributed by atoms with Crippen LogP contribution >= 0.6 is 0 Å². The molecule has 5 heteroatoms. The highest BCUT2D eigenvalue weighted by Gasteiger charge is 2.12. The number of unbranched alkanes of at least 4 members (excludes halogenated alkanes) is 2. The number of aryl methyl sites for hydroxylation is 1. The molecule has 0 aliphatic heterocycles. The first-order valence-electron chi connectivity index (χ1n) is 9.98. The lowest BCUT2D eigenvalue weighted by atomic mass is 10.0. The molecule has 1 atom stereocenters. The van der Waals surface area contributed by atoms with E-state index < -0.39 is 12.1 Å². The molecule has 150 valence electrons. The average Bonchev–Trinajstić information content (AvgIpc) is 2.75. The maximum atomic E-state index is 10.9. The van der Waals surface area contributed by atoms with Gasteiger partial charge in [-0.25, -0.2) is 14.8 Å². The molecule has 1 N–H and O–H groups in total. The monoisotopic (exact) mass is 390 g/mol. The molecule has 5 nitrogen and oxygen atoms in total. The molecule has 0 fully saturated rings. The van der Waals surface area contributed by atoms with E-state index in [9.17, 15) is 4.79 Å². The van der Waals surface area contributed by atoms with E-state index in [2.05, 4.69) is 41.2 Å². The quantitative estimate of drug-likeness (QED) is 0.496. The van der Waals surface area contributed by atoms with Crippen molar-refractivity contribution in [2.45, 2.75) is 45.6 Å². The van der Waals surface area contributed by atoms with Crippen LogP contribution in [0, 0.1) is 0 Å². The van der Waals surface area contributed by atoms with Gasteiger partial charge in [0.25, 0.3) is 0 Å². The van der Waals surface area contributed by atoms with Gasteiger partial charge in [-0.3, -0.25) is 0 Å². The second kappa shape index (κ2) is 9.82. The minimum absolute atomic E-state index is 0.499. The van der Waals surface area contributed by atoms with Crippen molar-refractivity contribution in [2.75, 3.05) is 0 Å². The number of rotatable bonds is 9. The first-order chi connectivity index (χ1) is 14.1. The minimum atomic E-state index is -0.998. The summed E-state index contributed by atoms with van der Waals surface area (Å²) in [4.78, 5) is 19.8. The fourth-order valence-corrected chi connectivity index (χ4v) is 3.01. The summed E-state index contributed by atoms with van der Waals surface area (Å²) in [7, 11) is 0. The first-order valence-corrected chi connectivity index (χ1v) is 9.98. The van der Waals surface area contributed by atoms with Gasteiger partial charge in [0.05, 0.1) is 0 Å². The third kappa shape index (κ3) is 5.64. The van der Waals surface area contributed by atoms with Crippen LogP contribution in [-0.2, 0) is 11.2 Å². The Kier molecular flexibility index (Phi) is 6.95. The summed E-state index contributed by atoms with van der Waals surface area (Å²) in [5.74, 6) is 0.115. The molecule has 1 heterocycles. The van der Waals surface area contributed by atoms with Gasteiger partial charge in [0, 0.05) is 23.5 Å². The molecule has 3 rings (SSSR count). The van der Waals surface area contributed by atoms with Crippen LogP contribution in [0.25, 0.3) is 22.5 Å². The molecule has 0 aliphatic rings. The molecule has 0 saturated heterocycles. The van der Waals surface area contributed by atoms with E-state index in [4.69, 9.17) is 9.84 Å². The van der Waals surface area contributed by atoms with Crippen molar-refractivity contribution in [3.05, 3.63) is 66.5 Å². The molecule has 29 heavy (non-hydrogen) atoms. The Labute approximate surface area is 171 Å². The van der Waals surface area contributed by atoms with Gasteiger partial charge < -0.3 is 9.84 Å². The largest absolute Gasteiger partial charge is 0.479 e. The smallest absolute Gasteiger partial charge is 0.344 e. The van der Waals surface area contributed by atoms with Crippen LogP contribution in [0.4, 0.5) is 0 Å². The summed E-state index contributed by atoms with van der Waals surface area (Å²) in [5.41, 5.74) is 4.28. The van der Waals surface area contributed by atoms with Crippen LogP contribution in [0.15, 0.2) is 60.9 Å². The van der Waals surface area contributed by atoms with E-state index in [0.717, 1.165) is 23.1 Å². The standard InChI is InChI=1S/C24H26N2O3/c1-3-4-5-6-18-7-9-19(10-8-18)21-15-25-23(26-16-21)20-11-13-22(14-12-20)29-17(2)24(27)28/h7-17H,3-6H2,1-2H3,(H,27,28). The molecule has 3 aromatic rings. The Bertz CT molecular complexity index is 920. The molecule has 0 spiro atoms.